The highest BCUT2D eigenvalue weighted by atomic mass is 16.4. The second-order valence-corrected chi connectivity index (χ2v) is 4.43. The lowest BCUT2D eigenvalue weighted by Gasteiger charge is -2.36. The van der Waals surface area contributed by atoms with E-state index in [4.69, 9.17) is 9.52 Å². The van der Waals surface area contributed by atoms with E-state index in [0.29, 0.717) is 12.8 Å². The number of aliphatic hydroxyl groups is 1. The van der Waals surface area contributed by atoms with Crippen LogP contribution in [-0.4, -0.2) is 40.7 Å². The molecule has 0 amide bonds. The summed E-state index contributed by atoms with van der Waals surface area (Å²) in [4.78, 5) is 13.2. The van der Waals surface area contributed by atoms with Gasteiger partial charge in [0.1, 0.15) is 16.9 Å². The molecule has 0 spiro atoms. The summed E-state index contributed by atoms with van der Waals surface area (Å²) >= 11 is 0. The van der Waals surface area contributed by atoms with Crippen molar-refractivity contribution in [2.24, 2.45) is 0 Å². The number of aromatic carboxylic acids is 1. The van der Waals surface area contributed by atoms with Crippen molar-refractivity contribution in [3.8, 4) is 0 Å². The molecular weight excluding hydrogens is 222 g/mol. The SMILES string of the molecule is CCN1CCC(O)(c2occc2C(=O)O)CC1. The second kappa shape index (κ2) is 4.50. The van der Waals surface area contributed by atoms with Gasteiger partial charge in [-0.1, -0.05) is 6.92 Å². The first-order valence-corrected chi connectivity index (χ1v) is 5.83. The Morgan fingerprint density at radius 1 is 1.53 bits per heavy atom. The maximum Gasteiger partial charge on any atom is 0.339 e. The highest BCUT2D eigenvalue weighted by Crippen LogP contribution is 2.35. The van der Waals surface area contributed by atoms with E-state index in [0.717, 1.165) is 19.6 Å². The van der Waals surface area contributed by atoms with Gasteiger partial charge in [-0.2, -0.15) is 0 Å². The Kier molecular flexibility index (Phi) is 3.22. The van der Waals surface area contributed by atoms with Crippen LogP contribution in [0.5, 0.6) is 0 Å². The zero-order chi connectivity index (χ0) is 12.5. The predicted molar refractivity (Wildman–Crippen MR) is 60.9 cm³/mol. The lowest BCUT2D eigenvalue weighted by atomic mass is 9.87. The molecule has 5 heteroatoms. The molecule has 0 bridgehead atoms. The molecule has 0 atom stereocenters. The lowest BCUT2D eigenvalue weighted by molar-refractivity contribution is -0.0419. The largest absolute Gasteiger partial charge is 0.478 e. The van der Waals surface area contributed by atoms with E-state index < -0.39 is 11.6 Å². The third-order valence-corrected chi connectivity index (χ3v) is 3.45. The van der Waals surface area contributed by atoms with Gasteiger partial charge in [0.2, 0.25) is 0 Å². The highest BCUT2D eigenvalue weighted by Gasteiger charge is 2.39. The van der Waals surface area contributed by atoms with Crippen LogP contribution >= 0.6 is 0 Å². The molecule has 0 aromatic carbocycles. The van der Waals surface area contributed by atoms with Gasteiger partial charge in [0.05, 0.1) is 6.26 Å². The molecule has 1 fully saturated rings. The van der Waals surface area contributed by atoms with Crippen molar-refractivity contribution in [1.82, 2.24) is 4.90 Å². The minimum absolute atomic E-state index is 0.0671. The number of piperidine rings is 1. The summed E-state index contributed by atoms with van der Waals surface area (Å²) in [6.07, 6.45) is 2.34. The first-order valence-electron chi connectivity index (χ1n) is 5.83. The molecule has 17 heavy (non-hydrogen) atoms. The molecule has 1 aliphatic heterocycles. The number of furan rings is 1. The molecule has 5 nitrogen and oxygen atoms in total. The van der Waals surface area contributed by atoms with Crippen LogP contribution < -0.4 is 0 Å². The van der Waals surface area contributed by atoms with Crippen LogP contribution in [0.1, 0.15) is 35.9 Å². The Morgan fingerprint density at radius 3 is 2.71 bits per heavy atom. The Morgan fingerprint density at radius 2 is 2.18 bits per heavy atom. The normalized spacial score (nSPS) is 20.4. The summed E-state index contributed by atoms with van der Waals surface area (Å²) in [6, 6.07) is 1.39. The average molecular weight is 239 g/mol. The summed E-state index contributed by atoms with van der Waals surface area (Å²) < 4.78 is 5.19. The van der Waals surface area contributed by atoms with Crippen molar-refractivity contribution in [2.45, 2.75) is 25.4 Å². The van der Waals surface area contributed by atoms with Gasteiger partial charge in [0, 0.05) is 13.1 Å². The Balaban J connectivity index is 2.21. The number of likely N-dealkylation sites (tertiary alicyclic amines) is 1. The molecule has 2 heterocycles. The molecule has 1 aliphatic rings. The van der Waals surface area contributed by atoms with Gasteiger partial charge in [0.25, 0.3) is 0 Å². The molecule has 2 rings (SSSR count). The number of carboxylic acid groups (broad SMARTS) is 1. The fraction of sp³-hybridized carbons (Fsp3) is 0.583. The van der Waals surface area contributed by atoms with Gasteiger partial charge in [-0.25, -0.2) is 4.79 Å². The quantitative estimate of drug-likeness (QED) is 0.831. The van der Waals surface area contributed by atoms with Gasteiger partial charge in [0.15, 0.2) is 0 Å². The summed E-state index contributed by atoms with van der Waals surface area (Å²) in [7, 11) is 0. The van der Waals surface area contributed by atoms with Crippen LogP contribution in [0.15, 0.2) is 16.7 Å². The van der Waals surface area contributed by atoms with E-state index in [9.17, 15) is 9.90 Å². The van der Waals surface area contributed by atoms with Crippen LogP contribution in [0.25, 0.3) is 0 Å². The molecule has 0 unspecified atom stereocenters. The van der Waals surface area contributed by atoms with Gasteiger partial charge in [-0.3, -0.25) is 0 Å². The van der Waals surface area contributed by atoms with Crippen LogP contribution in [0.3, 0.4) is 0 Å². The molecule has 1 aromatic heterocycles. The maximum absolute atomic E-state index is 11.0. The van der Waals surface area contributed by atoms with E-state index in [1.165, 1.54) is 12.3 Å². The number of hydrogen-bond donors (Lipinski definition) is 2. The molecule has 0 saturated carbocycles. The highest BCUT2D eigenvalue weighted by molar-refractivity contribution is 5.89. The number of hydrogen-bond acceptors (Lipinski definition) is 4. The zero-order valence-corrected chi connectivity index (χ0v) is 9.85. The van der Waals surface area contributed by atoms with E-state index in [-0.39, 0.29) is 11.3 Å². The summed E-state index contributed by atoms with van der Waals surface area (Å²) in [5, 5.41) is 19.5. The second-order valence-electron chi connectivity index (χ2n) is 4.43. The van der Waals surface area contributed by atoms with E-state index in [1.54, 1.807) is 0 Å². The first kappa shape index (κ1) is 12.1. The topological polar surface area (TPSA) is 73.9 Å². The van der Waals surface area contributed by atoms with E-state index in [2.05, 4.69) is 11.8 Å². The zero-order valence-electron chi connectivity index (χ0n) is 9.85. The summed E-state index contributed by atoms with van der Waals surface area (Å²) in [5.74, 6) is -0.860. The van der Waals surface area contributed by atoms with Crippen LogP contribution in [0, 0.1) is 0 Å². The smallest absolute Gasteiger partial charge is 0.339 e. The molecule has 0 radical (unpaired) electrons. The Hall–Kier alpha value is -1.33. The number of carbonyl (C=O) groups is 1. The Labute approximate surface area is 99.6 Å². The third-order valence-electron chi connectivity index (χ3n) is 3.45. The first-order chi connectivity index (χ1) is 8.07. The minimum Gasteiger partial charge on any atom is -0.478 e. The van der Waals surface area contributed by atoms with Crippen molar-refractivity contribution < 1.29 is 19.4 Å². The van der Waals surface area contributed by atoms with Crippen molar-refractivity contribution in [2.75, 3.05) is 19.6 Å². The Bertz CT molecular complexity index is 404. The summed E-state index contributed by atoms with van der Waals surface area (Å²) in [6.45, 7) is 4.53. The van der Waals surface area contributed by atoms with Crippen LogP contribution in [0.4, 0.5) is 0 Å². The number of nitrogens with zero attached hydrogens (tertiary/aromatic N) is 1. The van der Waals surface area contributed by atoms with Crippen LogP contribution in [0.2, 0.25) is 0 Å². The molecular formula is C12H17NO4. The van der Waals surface area contributed by atoms with Crippen LogP contribution in [-0.2, 0) is 5.60 Å². The third kappa shape index (κ3) is 2.21. The predicted octanol–water partition coefficient (Wildman–Crippen LogP) is 1.28. The van der Waals surface area contributed by atoms with E-state index >= 15 is 0 Å². The number of carboxylic acids is 1. The monoisotopic (exact) mass is 239 g/mol. The van der Waals surface area contributed by atoms with E-state index in [1.807, 2.05) is 0 Å². The van der Waals surface area contributed by atoms with Gasteiger partial charge in [-0.15, -0.1) is 0 Å². The molecule has 1 aromatic rings. The fourth-order valence-electron chi connectivity index (χ4n) is 2.30. The van der Waals surface area contributed by atoms with Gasteiger partial charge >= 0.3 is 5.97 Å². The molecule has 0 aliphatic carbocycles. The lowest BCUT2D eigenvalue weighted by Crippen LogP contribution is -2.42. The van der Waals surface area contributed by atoms with Crippen molar-refractivity contribution in [3.05, 3.63) is 23.7 Å². The molecule has 1 saturated heterocycles. The standard InChI is InChI=1S/C12H17NO4/c1-2-13-6-4-12(16,5-7-13)10-9(11(14)15)3-8-17-10/h3,8,16H,2,4-7H2,1H3,(H,14,15). The van der Waals surface area contributed by atoms with Crippen molar-refractivity contribution in [3.63, 3.8) is 0 Å². The molecule has 2 N–H and O–H groups in total. The van der Waals surface area contributed by atoms with Gasteiger partial charge in [-0.05, 0) is 25.5 Å². The maximum atomic E-state index is 11.0. The average Bonchev–Trinajstić information content (AvgIpc) is 2.80. The minimum atomic E-state index is -1.14. The molecule has 94 valence electrons. The summed E-state index contributed by atoms with van der Waals surface area (Å²) in [5.41, 5.74) is -1.07. The fourth-order valence-corrected chi connectivity index (χ4v) is 2.30. The van der Waals surface area contributed by atoms with Crippen molar-refractivity contribution in [1.29, 1.82) is 0 Å². The number of rotatable bonds is 3. The van der Waals surface area contributed by atoms with Crippen molar-refractivity contribution >= 4 is 5.97 Å². The van der Waals surface area contributed by atoms with Gasteiger partial charge < -0.3 is 19.5 Å².